The molecule has 2 heteroatoms. The Kier molecular flexibility index (Phi) is 3.53. The Hall–Kier alpha value is -0.0800. The normalized spacial score (nSPS) is 21.0. The zero-order chi connectivity index (χ0) is 9.03. The molecular weight excluding hydrogens is 150 g/mol. The highest BCUT2D eigenvalue weighted by molar-refractivity contribution is 4.89. The summed E-state index contributed by atoms with van der Waals surface area (Å²) in [7, 11) is 1.84. The van der Waals surface area contributed by atoms with Crippen molar-refractivity contribution in [1.82, 2.24) is 5.32 Å². The lowest BCUT2D eigenvalue weighted by molar-refractivity contribution is -0.0769. The van der Waals surface area contributed by atoms with E-state index in [9.17, 15) is 0 Å². The first-order valence-electron chi connectivity index (χ1n) is 4.97. The topological polar surface area (TPSA) is 21.3 Å². The van der Waals surface area contributed by atoms with Gasteiger partial charge in [0.15, 0.2) is 0 Å². The van der Waals surface area contributed by atoms with Crippen LogP contribution in [0.15, 0.2) is 0 Å². The maximum Gasteiger partial charge on any atom is 0.0690 e. The maximum atomic E-state index is 5.52. The first-order chi connectivity index (χ1) is 5.68. The molecule has 0 aliphatic heterocycles. The molecule has 0 aromatic carbocycles. The fourth-order valence-electron chi connectivity index (χ4n) is 1.72. The fraction of sp³-hybridized carbons (Fsp3) is 1.00. The molecule has 12 heavy (non-hydrogen) atoms. The zero-order valence-electron chi connectivity index (χ0n) is 8.52. The number of hydrogen-bond acceptors (Lipinski definition) is 2. The van der Waals surface area contributed by atoms with Gasteiger partial charge in [-0.3, -0.25) is 0 Å². The molecule has 0 radical (unpaired) electrons. The second-order valence-electron chi connectivity index (χ2n) is 4.10. The van der Waals surface area contributed by atoms with E-state index in [4.69, 9.17) is 4.74 Å². The van der Waals surface area contributed by atoms with Gasteiger partial charge in [-0.2, -0.15) is 0 Å². The summed E-state index contributed by atoms with van der Waals surface area (Å²) in [6.07, 6.45) is 5.02. The molecule has 0 unspecified atom stereocenters. The van der Waals surface area contributed by atoms with Gasteiger partial charge in [-0.15, -0.1) is 0 Å². The van der Waals surface area contributed by atoms with E-state index in [0.29, 0.717) is 6.04 Å². The molecule has 0 saturated heterocycles. The third-order valence-electron chi connectivity index (χ3n) is 2.83. The predicted molar refractivity (Wildman–Crippen MR) is 51.3 cm³/mol. The molecule has 0 spiro atoms. The summed E-state index contributed by atoms with van der Waals surface area (Å²) in [6.45, 7) is 5.45. The summed E-state index contributed by atoms with van der Waals surface area (Å²) in [4.78, 5) is 0. The molecule has 2 nitrogen and oxygen atoms in total. The fourth-order valence-corrected chi connectivity index (χ4v) is 1.72. The molecule has 1 saturated carbocycles. The summed E-state index contributed by atoms with van der Waals surface area (Å²) in [5.41, 5.74) is 0.238. The molecule has 1 aliphatic carbocycles. The number of hydrogen-bond donors (Lipinski definition) is 1. The summed E-state index contributed by atoms with van der Waals surface area (Å²) in [5.74, 6) is 0. The van der Waals surface area contributed by atoms with Crippen LogP contribution < -0.4 is 5.32 Å². The third kappa shape index (κ3) is 2.46. The summed E-state index contributed by atoms with van der Waals surface area (Å²) in [6, 6.07) is 0.596. The molecule has 0 atom stereocenters. The van der Waals surface area contributed by atoms with E-state index in [2.05, 4.69) is 19.2 Å². The Morgan fingerprint density at radius 2 is 2.08 bits per heavy atom. The van der Waals surface area contributed by atoms with Crippen LogP contribution in [0.4, 0.5) is 0 Å². The second-order valence-corrected chi connectivity index (χ2v) is 4.10. The molecule has 0 bridgehead atoms. The van der Waals surface area contributed by atoms with Crippen molar-refractivity contribution >= 4 is 0 Å². The monoisotopic (exact) mass is 171 g/mol. The molecule has 1 rings (SSSR count). The van der Waals surface area contributed by atoms with Crippen molar-refractivity contribution in [2.24, 2.45) is 0 Å². The zero-order valence-corrected chi connectivity index (χ0v) is 8.52. The highest BCUT2D eigenvalue weighted by Gasteiger charge is 2.36. The van der Waals surface area contributed by atoms with Gasteiger partial charge in [0.2, 0.25) is 0 Å². The van der Waals surface area contributed by atoms with Crippen molar-refractivity contribution in [2.45, 2.75) is 51.2 Å². The van der Waals surface area contributed by atoms with E-state index in [1.54, 1.807) is 0 Å². The van der Waals surface area contributed by atoms with Crippen LogP contribution in [-0.2, 0) is 4.74 Å². The average molecular weight is 171 g/mol. The van der Waals surface area contributed by atoms with E-state index in [-0.39, 0.29) is 5.60 Å². The van der Waals surface area contributed by atoms with Gasteiger partial charge in [0.05, 0.1) is 5.60 Å². The molecule has 1 fully saturated rings. The van der Waals surface area contributed by atoms with Gasteiger partial charge >= 0.3 is 0 Å². The third-order valence-corrected chi connectivity index (χ3v) is 2.83. The standard InChI is InChI=1S/C10H21NO/c1-9(2)11-8-7-10(12-3)5-4-6-10/h9,11H,4-8H2,1-3H3. The Bertz CT molecular complexity index is 124. The Balaban J connectivity index is 2.12. The van der Waals surface area contributed by atoms with Crippen LogP contribution in [0.3, 0.4) is 0 Å². The van der Waals surface area contributed by atoms with Gasteiger partial charge < -0.3 is 10.1 Å². The second kappa shape index (κ2) is 4.24. The molecule has 0 amide bonds. The van der Waals surface area contributed by atoms with Crippen LogP contribution in [-0.4, -0.2) is 25.3 Å². The van der Waals surface area contributed by atoms with Crippen molar-refractivity contribution in [3.05, 3.63) is 0 Å². The first kappa shape index (κ1) is 10.0. The minimum atomic E-state index is 0.238. The van der Waals surface area contributed by atoms with Crippen LogP contribution in [0.2, 0.25) is 0 Å². The maximum absolute atomic E-state index is 5.52. The van der Waals surface area contributed by atoms with Gasteiger partial charge in [-0.05, 0) is 32.2 Å². The van der Waals surface area contributed by atoms with Crippen molar-refractivity contribution < 1.29 is 4.74 Å². The van der Waals surface area contributed by atoms with Crippen LogP contribution in [0.1, 0.15) is 39.5 Å². The predicted octanol–water partition coefficient (Wildman–Crippen LogP) is 1.94. The lowest BCUT2D eigenvalue weighted by Gasteiger charge is -2.40. The van der Waals surface area contributed by atoms with E-state index in [1.807, 2.05) is 7.11 Å². The lowest BCUT2D eigenvalue weighted by Crippen LogP contribution is -2.42. The molecule has 72 valence electrons. The minimum Gasteiger partial charge on any atom is -0.378 e. The minimum absolute atomic E-state index is 0.238. The van der Waals surface area contributed by atoms with Crippen LogP contribution in [0.5, 0.6) is 0 Å². The molecule has 0 aromatic heterocycles. The van der Waals surface area contributed by atoms with E-state index in [0.717, 1.165) is 6.54 Å². The van der Waals surface area contributed by atoms with Crippen molar-refractivity contribution in [3.63, 3.8) is 0 Å². The highest BCUT2D eigenvalue weighted by Crippen LogP contribution is 2.37. The van der Waals surface area contributed by atoms with Crippen LogP contribution in [0, 0.1) is 0 Å². The van der Waals surface area contributed by atoms with Crippen LogP contribution >= 0.6 is 0 Å². The number of methoxy groups -OCH3 is 1. The average Bonchev–Trinajstić information content (AvgIpc) is 1.94. The number of nitrogens with one attached hydrogen (secondary N) is 1. The number of rotatable bonds is 5. The summed E-state index contributed by atoms with van der Waals surface area (Å²) in [5, 5.41) is 3.42. The number of ether oxygens (including phenoxy) is 1. The van der Waals surface area contributed by atoms with Gasteiger partial charge in [-0.25, -0.2) is 0 Å². The Labute approximate surface area is 75.7 Å². The first-order valence-corrected chi connectivity index (χ1v) is 4.97. The Morgan fingerprint density at radius 3 is 2.42 bits per heavy atom. The van der Waals surface area contributed by atoms with Gasteiger partial charge in [-0.1, -0.05) is 13.8 Å². The van der Waals surface area contributed by atoms with Gasteiger partial charge in [0.25, 0.3) is 0 Å². The van der Waals surface area contributed by atoms with Gasteiger partial charge in [0.1, 0.15) is 0 Å². The summed E-state index contributed by atoms with van der Waals surface area (Å²) >= 11 is 0. The van der Waals surface area contributed by atoms with Crippen LogP contribution in [0.25, 0.3) is 0 Å². The van der Waals surface area contributed by atoms with E-state index in [1.165, 1.54) is 25.7 Å². The van der Waals surface area contributed by atoms with Gasteiger partial charge in [0, 0.05) is 13.2 Å². The largest absolute Gasteiger partial charge is 0.378 e. The quantitative estimate of drug-likeness (QED) is 0.682. The molecule has 0 heterocycles. The molecule has 0 aromatic rings. The molecule has 1 N–H and O–H groups in total. The molecule has 1 aliphatic rings. The van der Waals surface area contributed by atoms with Crippen molar-refractivity contribution in [1.29, 1.82) is 0 Å². The highest BCUT2D eigenvalue weighted by atomic mass is 16.5. The lowest BCUT2D eigenvalue weighted by atomic mass is 9.77. The molecular formula is C10H21NO. The van der Waals surface area contributed by atoms with Crippen molar-refractivity contribution in [3.8, 4) is 0 Å². The summed E-state index contributed by atoms with van der Waals surface area (Å²) < 4.78 is 5.52. The SMILES string of the molecule is COC1(CCNC(C)C)CCC1. The Morgan fingerprint density at radius 1 is 1.42 bits per heavy atom. The van der Waals surface area contributed by atoms with E-state index >= 15 is 0 Å². The smallest absolute Gasteiger partial charge is 0.0690 e. The van der Waals surface area contributed by atoms with E-state index < -0.39 is 0 Å². The van der Waals surface area contributed by atoms with Crippen molar-refractivity contribution in [2.75, 3.05) is 13.7 Å².